The third-order valence-corrected chi connectivity index (χ3v) is 3.02. The molecule has 0 radical (unpaired) electrons. The van der Waals surface area contributed by atoms with Crippen LogP contribution in [0.1, 0.15) is 39.7 Å². The zero-order valence-electron chi connectivity index (χ0n) is 13.6. The predicted octanol–water partition coefficient (Wildman–Crippen LogP) is 2.49. The largest absolute Gasteiger partial charge is 0.504 e. The standard InChI is InChI=1S/C16H26N2O4/c1-5-12(18-15(21)22-16(2,3)4)10-17-9-11-7-6-8-13(19)14(11)20/h6-8,12,17,19-20H,5,9-10H2,1-4H3,(H,18,21). The van der Waals surface area contributed by atoms with E-state index in [0.717, 1.165) is 6.42 Å². The summed E-state index contributed by atoms with van der Waals surface area (Å²) < 4.78 is 5.22. The Morgan fingerprint density at radius 2 is 2.00 bits per heavy atom. The van der Waals surface area contributed by atoms with Gasteiger partial charge in [-0.25, -0.2) is 4.79 Å². The smallest absolute Gasteiger partial charge is 0.407 e. The molecule has 1 aromatic carbocycles. The first kappa shape index (κ1) is 18.1. The second-order valence-electron chi connectivity index (χ2n) is 6.17. The highest BCUT2D eigenvalue weighted by atomic mass is 16.6. The minimum absolute atomic E-state index is 0.0747. The number of benzene rings is 1. The summed E-state index contributed by atoms with van der Waals surface area (Å²) in [5.41, 5.74) is 0.0792. The van der Waals surface area contributed by atoms with E-state index in [1.54, 1.807) is 12.1 Å². The van der Waals surface area contributed by atoms with Crippen molar-refractivity contribution in [3.63, 3.8) is 0 Å². The molecule has 6 nitrogen and oxygen atoms in total. The number of hydrogen-bond acceptors (Lipinski definition) is 5. The Hall–Kier alpha value is -1.95. The molecule has 0 aliphatic heterocycles. The molecule has 6 heteroatoms. The first-order valence-corrected chi connectivity index (χ1v) is 7.43. The lowest BCUT2D eigenvalue weighted by Gasteiger charge is -2.23. The molecule has 1 rings (SSSR count). The molecule has 1 amide bonds. The summed E-state index contributed by atoms with van der Waals surface area (Å²) in [7, 11) is 0. The van der Waals surface area contributed by atoms with Crippen molar-refractivity contribution in [2.45, 2.75) is 52.3 Å². The third-order valence-electron chi connectivity index (χ3n) is 3.02. The van der Waals surface area contributed by atoms with Gasteiger partial charge in [0.1, 0.15) is 5.60 Å². The lowest BCUT2D eigenvalue weighted by molar-refractivity contribution is 0.0502. The molecule has 0 aromatic heterocycles. The number of phenolic OH excluding ortho intramolecular Hbond substituents is 2. The molecule has 0 saturated carbocycles. The number of carbonyl (C=O) groups excluding carboxylic acids is 1. The van der Waals surface area contributed by atoms with E-state index in [1.165, 1.54) is 6.07 Å². The fourth-order valence-electron chi connectivity index (χ4n) is 1.87. The van der Waals surface area contributed by atoms with Gasteiger partial charge < -0.3 is 25.6 Å². The monoisotopic (exact) mass is 310 g/mol. The highest BCUT2D eigenvalue weighted by molar-refractivity contribution is 5.68. The number of aromatic hydroxyl groups is 2. The average molecular weight is 310 g/mol. The molecule has 1 aromatic rings. The molecule has 0 saturated heterocycles. The van der Waals surface area contributed by atoms with Gasteiger partial charge in [-0.3, -0.25) is 0 Å². The van der Waals surface area contributed by atoms with Gasteiger partial charge in [-0.2, -0.15) is 0 Å². The van der Waals surface area contributed by atoms with Crippen molar-refractivity contribution in [2.75, 3.05) is 6.54 Å². The molecule has 1 atom stereocenters. The Bertz CT molecular complexity index is 497. The van der Waals surface area contributed by atoms with Crippen LogP contribution < -0.4 is 10.6 Å². The van der Waals surface area contributed by atoms with Gasteiger partial charge in [0.2, 0.25) is 0 Å². The number of para-hydroxylation sites is 1. The van der Waals surface area contributed by atoms with Gasteiger partial charge in [-0.15, -0.1) is 0 Å². The second kappa shape index (κ2) is 7.89. The van der Waals surface area contributed by atoms with Gasteiger partial charge in [-0.1, -0.05) is 19.1 Å². The number of ether oxygens (including phenoxy) is 1. The van der Waals surface area contributed by atoms with Gasteiger partial charge in [0.25, 0.3) is 0 Å². The first-order chi connectivity index (χ1) is 10.2. The Morgan fingerprint density at radius 3 is 2.59 bits per heavy atom. The number of nitrogens with one attached hydrogen (secondary N) is 2. The molecule has 4 N–H and O–H groups in total. The Kier molecular flexibility index (Phi) is 6.49. The lowest BCUT2D eigenvalue weighted by Crippen LogP contribution is -2.43. The predicted molar refractivity (Wildman–Crippen MR) is 84.9 cm³/mol. The van der Waals surface area contributed by atoms with Gasteiger partial charge in [0, 0.05) is 24.7 Å². The van der Waals surface area contributed by atoms with Crippen molar-refractivity contribution in [1.82, 2.24) is 10.6 Å². The van der Waals surface area contributed by atoms with Crippen LogP contribution >= 0.6 is 0 Å². The van der Waals surface area contributed by atoms with E-state index in [1.807, 2.05) is 27.7 Å². The lowest BCUT2D eigenvalue weighted by atomic mass is 10.1. The number of carbonyl (C=O) groups is 1. The molecule has 0 spiro atoms. The van der Waals surface area contributed by atoms with Crippen LogP contribution in [0, 0.1) is 0 Å². The van der Waals surface area contributed by atoms with Gasteiger partial charge >= 0.3 is 6.09 Å². The highest BCUT2D eigenvalue weighted by Gasteiger charge is 2.18. The molecule has 1 unspecified atom stereocenters. The Labute approximate surface area is 131 Å². The zero-order valence-corrected chi connectivity index (χ0v) is 13.6. The molecule has 124 valence electrons. The van der Waals surface area contributed by atoms with Crippen LogP contribution in [0.25, 0.3) is 0 Å². The topological polar surface area (TPSA) is 90.8 Å². The molecule has 0 bridgehead atoms. The SMILES string of the molecule is CCC(CNCc1cccc(O)c1O)NC(=O)OC(C)(C)C. The summed E-state index contributed by atoms with van der Waals surface area (Å²) in [6, 6.07) is 4.75. The third kappa shape index (κ3) is 6.22. The minimum atomic E-state index is -0.525. The van der Waals surface area contributed by atoms with Crippen molar-refractivity contribution in [2.24, 2.45) is 0 Å². The van der Waals surface area contributed by atoms with Crippen LogP contribution in [-0.2, 0) is 11.3 Å². The molecular formula is C16H26N2O4. The van der Waals surface area contributed by atoms with Gasteiger partial charge in [-0.05, 0) is 33.3 Å². The number of alkyl carbamates (subject to hydrolysis) is 1. The van der Waals surface area contributed by atoms with Crippen molar-refractivity contribution < 1.29 is 19.7 Å². The van der Waals surface area contributed by atoms with E-state index in [2.05, 4.69) is 10.6 Å². The van der Waals surface area contributed by atoms with Crippen molar-refractivity contribution in [3.05, 3.63) is 23.8 Å². The Balaban J connectivity index is 2.44. The average Bonchev–Trinajstić information content (AvgIpc) is 2.40. The Morgan fingerprint density at radius 1 is 1.32 bits per heavy atom. The number of phenols is 2. The van der Waals surface area contributed by atoms with E-state index >= 15 is 0 Å². The molecule has 22 heavy (non-hydrogen) atoms. The van der Waals surface area contributed by atoms with Gasteiger partial charge in [0.15, 0.2) is 11.5 Å². The number of rotatable bonds is 6. The van der Waals surface area contributed by atoms with E-state index in [0.29, 0.717) is 18.7 Å². The van der Waals surface area contributed by atoms with Crippen LogP contribution in [0.5, 0.6) is 11.5 Å². The summed E-state index contributed by atoms with van der Waals surface area (Å²) in [5, 5.41) is 25.1. The minimum Gasteiger partial charge on any atom is -0.504 e. The first-order valence-electron chi connectivity index (χ1n) is 7.43. The molecule has 0 heterocycles. The van der Waals surface area contributed by atoms with Crippen molar-refractivity contribution in [1.29, 1.82) is 0 Å². The van der Waals surface area contributed by atoms with Gasteiger partial charge in [0.05, 0.1) is 0 Å². The number of amides is 1. The fourth-order valence-corrected chi connectivity index (χ4v) is 1.87. The van der Waals surface area contributed by atoms with E-state index in [4.69, 9.17) is 4.74 Å². The van der Waals surface area contributed by atoms with Crippen LogP contribution in [0.2, 0.25) is 0 Å². The maximum atomic E-state index is 11.7. The quantitative estimate of drug-likeness (QED) is 0.606. The van der Waals surface area contributed by atoms with E-state index in [9.17, 15) is 15.0 Å². The van der Waals surface area contributed by atoms with Crippen LogP contribution in [-0.4, -0.2) is 34.5 Å². The summed E-state index contributed by atoms with van der Waals surface area (Å²) in [6.45, 7) is 8.34. The fraction of sp³-hybridized carbons (Fsp3) is 0.562. The van der Waals surface area contributed by atoms with Crippen LogP contribution in [0.4, 0.5) is 4.79 Å². The summed E-state index contributed by atoms with van der Waals surface area (Å²) >= 11 is 0. The van der Waals surface area contributed by atoms with Crippen LogP contribution in [0.15, 0.2) is 18.2 Å². The summed E-state index contributed by atoms with van der Waals surface area (Å²) in [5.74, 6) is -0.263. The van der Waals surface area contributed by atoms with E-state index < -0.39 is 11.7 Å². The maximum absolute atomic E-state index is 11.7. The molecule has 0 fully saturated rings. The van der Waals surface area contributed by atoms with Crippen LogP contribution in [0.3, 0.4) is 0 Å². The number of hydrogen-bond donors (Lipinski definition) is 4. The maximum Gasteiger partial charge on any atom is 0.407 e. The normalized spacial score (nSPS) is 12.7. The van der Waals surface area contributed by atoms with Crippen molar-refractivity contribution in [3.8, 4) is 11.5 Å². The zero-order chi connectivity index (χ0) is 16.8. The molecule has 0 aliphatic rings. The van der Waals surface area contributed by atoms with E-state index in [-0.39, 0.29) is 17.5 Å². The highest BCUT2D eigenvalue weighted by Crippen LogP contribution is 2.27. The molecular weight excluding hydrogens is 284 g/mol. The van der Waals surface area contributed by atoms with Crippen molar-refractivity contribution >= 4 is 6.09 Å². The molecule has 0 aliphatic carbocycles. The summed E-state index contributed by atoms with van der Waals surface area (Å²) in [4.78, 5) is 11.7. The second-order valence-corrected chi connectivity index (χ2v) is 6.17. The summed E-state index contributed by atoms with van der Waals surface area (Å²) in [6.07, 6.45) is 0.305.